The molecule has 0 unspecified atom stereocenters. The number of aliphatic carboxylic acids is 1. The summed E-state index contributed by atoms with van der Waals surface area (Å²) in [4.78, 5) is 34.5. The molecule has 130 valence electrons. The second kappa shape index (κ2) is 8.73. The van der Waals surface area contributed by atoms with Gasteiger partial charge in [0.15, 0.2) is 0 Å². The van der Waals surface area contributed by atoms with Crippen LogP contribution in [0.3, 0.4) is 0 Å². The maximum atomic E-state index is 11.8. The molecule has 1 aliphatic carbocycles. The fourth-order valence-corrected chi connectivity index (χ4v) is 3.30. The Morgan fingerprint density at radius 2 is 1.79 bits per heavy atom. The Kier molecular flexibility index (Phi) is 6.66. The normalized spacial score (nSPS) is 19.7. The number of carbonyl (C=O) groups is 3. The Hall–Kier alpha value is -2.02. The summed E-state index contributed by atoms with van der Waals surface area (Å²) in [6.45, 7) is 1.98. The zero-order valence-electron chi connectivity index (χ0n) is 13.6. The topological polar surface area (TPSA) is 95.5 Å². The molecule has 7 heteroatoms. The van der Waals surface area contributed by atoms with Crippen molar-refractivity contribution in [3.05, 3.63) is 29.8 Å². The highest BCUT2D eigenvalue weighted by molar-refractivity contribution is 8.00. The minimum Gasteiger partial charge on any atom is -0.481 e. The van der Waals surface area contributed by atoms with Gasteiger partial charge in [-0.15, -0.1) is 11.8 Å². The minimum absolute atomic E-state index is 0.0689. The van der Waals surface area contributed by atoms with Crippen molar-refractivity contribution >= 4 is 35.2 Å². The summed E-state index contributed by atoms with van der Waals surface area (Å²) in [5, 5.41) is 14.6. The number of carbonyl (C=O) groups excluding carboxylic acids is 2. The molecule has 1 aromatic rings. The van der Waals surface area contributed by atoms with E-state index >= 15 is 0 Å². The molecule has 3 N–H and O–H groups in total. The quantitative estimate of drug-likeness (QED) is 0.699. The van der Waals surface area contributed by atoms with Crippen molar-refractivity contribution in [2.75, 3.05) is 16.8 Å². The first-order valence-corrected chi connectivity index (χ1v) is 9.06. The van der Waals surface area contributed by atoms with Crippen molar-refractivity contribution in [3.8, 4) is 0 Å². The monoisotopic (exact) mass is 350 g/mol. The van der Waals surface area contributed by atoms with Gasteiger partial charge < -0.3 is 15.7 Å². The molecule has 0 aromatic heterocycles. The van der Waals surface area contributed by atoms with Crippen LogP contribution >= 0.6 is 11.8 Å². The second-order valence-corrected chi connectivity index (χ2v) is 7.01. The summed E-state index contributed by atoms with van der Waals surface area (Å²) in [6, 6.07) is 7.44. The average molecular weight is 350 g/mol. The second-order valence-electron chi connectivity index (χ2n) is 6.02. The summed E-state index contributed by atoms with van der Waals surface area (Å²) in [7, 11) is 0. The van der Waals surface area contributed by atoms with E-state index in [0.717, 1.165) is 11.3 Å². The zero-order valence-corrected chi connectivity index (χ0v) is 14.4. The molecule has 0 radical (unpaired) electrons. The lowest BCUT2D eigenvalue weighted by molar-refractivity contribution is -0.141. The number of aryl methyl sites for hydroxylation is 1. The lowest BCUT2D eigenvalue weighted by Gasteiger charge is -2.12. The minimum atomic E-state index is -0.797. The van der Waals surface area contributed by atoms with Gasteiger partial charge in [-0.05, 0) is 38.3 Å². The van der Waals surface area contributed by atoms with Crippen molar-refractivity contribution in [2.45, 2.75) is 32.2 Å². The molecular formula is C17H22N2O4S. The smallest absolute Gasteiger partial charge is 0.306 e. The van der Waals surface area contributed by atoms with Crippen LogP contribution in [0, 0.1) is 12.8 Å². The molecule has 1 saturated carbocycles. The van der Waals surface area contributed by atoms with E-state index in [0.29, 0.717) is 19.3 Å². The molecular weight excluding hydrogens is 328 g/mol. The lowest BCUT2D eigenvalue weighted by atomic mass is 10.1. The van der Waals surface area contributed by atoms with Crippen molar-refractivity contribution in [3.63, 3.8) is 0 Å². The van der Waals surface area contributed by atoms with E-state index in [9.17, 15) is 14.4 Å². The molecule has 0 aliphatic heterocycles. The van der Waals surface area contributed by atoms with E-state index in [1.54, 1.807) is 0 Å². The first-order valence-electron chi connectivity index (χ1n) is 7.90. The number of carboxylic acid groups (broad SMARTS) is 1. The first kappa shape index (κ1) is 18.3. The van der Waals surface area contributed by atoms with Gasteiger partial charge in [-0.25, -0.2) is 0 Å². The maximum absolute atomic E-state index is 11.8. The molecule has 2 amide bonds. The van der Waals surface area contributed by atoms with Crippen molar-refractivity contribution in [1.82, 2.24) is 5.32 Å². The third-order valence-electron chi connectivity index (χ3n) is 3.95. The number of amides is 2. The van der Waals surface area contributed by atoms with Crippen LogP contribution in [0.4, 0.5) is 5.69 Å². The summed E-state index contributed by atoms with van der Waals surface area (Å²) in [5.74, 6) is -1.07. The van der Waals surface area contributed by atoms with Crippen LogP contribution in [-0.2, 0) is 14.4 Å². The van der Waals surface area contributed by atoms with E-state index < -0.39 is 5.97 Å². The Labute approximate surface area is 145 Å². The highest BCUT2D eigenvalue weighted by Gasteiger charge is 2.30. The van der Waals surface area contributed by atoms with Gasteiger partial charge in [0, 0.05) is 11.7 Å². The fraction of sp³-hybridized carbons (Fsp3) is 0.471. The highest BCUT2D eigenvalue weighted by Crippen LogP contribution is 2.25. The van der Waals surface area contributed by atoms with Crippen LogP contribution in [0.5, 0.6) is 0 Å². The Morgan fingerprint density at radius 3 is 2.42 bits per heavy atom. The van der Waals surface area contributed by atoms with E-state index in [4.69, 9.17) is 5.11 Å². The zero-order chi connectivity index (χ0) is 17.5. The van der Waals surface area contributed by atoms with Gasteiger partial charge in [0.05, 0.1) is 17.4 Å². The van der Waals surface area contributed by atoms with Gasteiger partial charge in [0.1, 0.15) is 0 Å². The number of thioether (sulfide) groups is 1. The highest BCUT2D eigenvalue weighted by atomic mass is 32.2. The van der Waals surface area contributed by atoms with E-state index in [-0.39, 0.29) is 35.3 Å². The number of rotatable bonds is 7. The van der Waals surface area contributed by atoms with Crippen molar-refractivity contribution in [2.24, 2.45) is 5.92 Å². The molecule has 24 heavy (non-hydrogen) atoms. The lowest BCUT2D eigenvalue weighted by Crippen LogP contribution is -2.34. The van der Waals surface area contributed by atoms with Gasteiger partial charge in [-0.1, -0.05) is 17.7 Å². The predicted octanol–water partition coefficient (Wildman–Crippen LogP) is 2.04. The average Bonchev–Trinajstić information content (AvgIpc) is 2.98. The third-order valence-corrected chi connectivity index (χ3v) is 4.88. The van der Waals surface area contributed by atoms with Crippen LogP contribution in [0.2, 0.25) is 0 Å². The molecule has 6 nitrogen and oxygen atoms in total. The van der Waals surface area contributed by atoms with Crippen molar-refractivity contribution < 1.29 is 19.5 Å². The van der Waals surface area contributed by atoms with Crippen LogP contribution < -0.4 is 10.6 Å². The molecule has 2 atom stereocenters. The number of hydrogen-bond donors (Lipinski definition) is 3. The van der Waals surface area contributed by atoms with Gasteiger partial charge in [-0.2, -0.15) is 0 Å². The third kappa shape index (κ3) is 5.88. The maximum Gasteiger partial charge on any atom is 0.306 e. The van der Waals surface area contributed by atoms with Crippen LogP contribution in [0.25, 0.3) is 0 Å². The molecule has 0 bridgehead atoms. The number of anilines is 1. The standard InChI is InChI=1S/C17H22N2O4S/c1-11-2-5-13(6-3-11)18-15(20)9-24-10-16(21)19-14-7-4-12(8-14)17(22)23/h2-3,5-6,12,14H,4,7-10H2,1H3,(H,18,20)(H,19,21)(H,22,23)/t12-,14+/m0/s1. The van der Waals surface area contributed by atoms with E-state index in [2.05, 4.69) is 10.6 Å². The van der Waals surface area contributed by atoms with Gasteiger partial charge in [0.2, 0.25) is 11.8 Å². The number of hydrogen-bond acceptors (Lipinski definition) is 4. The molecule has 1 aliphatic rings. The summed E-state index contributed by atoms with van der Waals surface area (Å²) in [6.07, 6.45) is 1.79. The molecule has 2 rings (SSSR count). The van der Waals surface area contributed by atoms with Crippen LogP contribution in [0.15, 0.2) is 24.3 Å². The summed E-state index contributed by atoms with van der Waals surface area (Å²) < 4.78 is 0. The van der Waals surface area contributed by atoms with Gasteiger partial charge >= 0.3 is 5.97 Å². The molecule has 0 heterocycles. The number of carboxylic acids is 1. The SMILES string of the molecule is Cc1ccc(NC(=O)CSCC(=O)N[C@@H]2CC[C@H](C(=O)O)C2)cc1. The largest absolute Gasteiger partial charge is 0.481 e. The summed E-state index contributed by atoms with van der Waals surface area (Å²) >= 11 is 1.24. The van der Waals surface area contributed by atoms with Gasteiger partial charge in [-0.3, -0.25) is 14.4 Å². The Morgan fingerprint density at radius 1 is 1.12 bits per heavy atom. The number of nitrogens with one attached hydrogen (secondary N) is 2. The van der Waals surface area contributed by atoms with Crippen LogP contribution in [0.1, 0.15) is 24.8 Å². The fourth-order valence-electron chi connectivity index (χ4n) is 2.68. The summed E-state index contributed by atoms with van der Waals surface area (Å²) in [5.41, 5.74) is 1.86. The Balaban J connectivity index is 1.63. The van der Waals surface area contributed by atoms with Crippen LogP contribution in [-0.4, -0.2) is 40.4 Å². The number of benzene rings is 1. The van der Waals surface area contributed by atoms with E-state index in [1.807, 2.05) is 31.2 Å². The predicted molar refractivity (Wildman–Crippen MR) is 94.0 cm³/mol. The molecule has 1 aromatic carbocycles. The Bertz CT molecular complexity index is 603. The molecule has 0 saturated heterocycles. The first-order chi connectivity index (χ1) is 11.4. The van der Waals surface area contributed by atoms with Crippen molar-refractivity contribution in [1.29, 1.82) is 0 Å². The van der Waals surface area contributed by atoms with Gasteiger partial charge in [0.25, 0.3) is 0 Å². The van der Waals surface area contributed by atoms with E-state index in [1.165, 1.54) is 11.8 Å². The molecule has 0 spiro atoms. The molecule has 1 fully saturated rings.